The molecule has 0 unspecified atom stereocenters. The first-order valence-electron chi connectivity index (χ1n) is 3.57. The van der Waals surface area contributed by atoms with E-state index in [0.717, 1.165) is 29.1 Å². The second kappa shape index (κ2) is 3.53. The molecule has 1 rings (SSSR count). The van der Waals surface area contributed by atoms with Crippen molar-refractivity contribution in [3.63, 3.8) is 0 Å². The number of thiophene rings is 1. The molecule has 0 aromatic carbocycles. The molecule has 2 nitrogen and oxygen atoms in total. The minimum Gasteiger partial charge on any atom is -0.188 e. The molecule has 12 heavy (non-hydrogen) atoms. The molecule has 1 heterocycles. The maximum Gasteiger partial charge on any atom is 0.341 e. The molecule has 0 aliphatic rings. The van der Waals surface area contributed by atoms with Crippen LogP contribution < -0.4 is 0 Å². The summed E-state index contributed by atoms with van der Waals surface area (Å²) in [4.78, 5) is 0.911. The van der Waals surface area contributed by atoms with Crippen molar-refractivity contribution in [2.75, 3.05) is 0 Å². The maximum atomic E-state index is 12.4. The first-order valence-corrected chi connectivity index (χ1v) is 5.77. The number of halogens is 1. The molecule has 0 amide bonds. The number of rotatable bonds is 3. The first-order chi connectivity index (χ1) is 5.54. The van der Waals surface area contributed by atoms with E-state index >= 15 is 0 Å². The lowest BCUT2D eigenvalue weighted by atomic mass is 10.3. The van der Waals surface area contributed by atoms with Crippen LogP contribution in [0.1, 0.15) is 18.2 Å². The van der Waals surface area contributed by atoms with Crippen molar-refractivity contribution in [3.05, 3.63) is 17.0 Å². The lowest BCUT2D eigenvalue weighted by molar-refractivity contribution is 0.554. The van der Waals surface area contributed by atoms with Gasteiger partial charge in [0.25, 0.3) is 0 Å². The molecule has 0 saturated heterocycles. The fourth-order valence-electron chi connectivity index (χ4n) is 0.870. The van der Waals surface area contributed by atoms with Gasteiger partial charge in [0.1, 0.15) is 0 Å². The van der Waals surface area contributed by atoms with Crippen LogP contribution in [0.4, 0.5) is 3.89 Å². The van der Waals surface area contributed by atoms with E-state index < -0.39 is 10.2 Å². The van der Waals surface area contributed by atoms with Gasteiger partial charge in [0.2, 0.25) is 0 Å². The maximum absolute atomic E-state index is 12.4. The average molecular weight is 208 g/mol. The van der Waals surface area contributed by atoms with Crippen LogP contribution in [0.25, 0.3) is 0 Å². The highest BCUT2D eigenvalue weighted by Crippen LogP contribution is 2.23. The van der Waals surface area contributed by atoms with Gasteiger partial charge in [-0.05, 0) is 18.6 Å². The van der Waals surface area contributed by atoms with Crippen molar-refractivity contribution in [2.24, 2.45) is 0 Å². The fourth-order valence-corrected chi connectivity index (χ4v) is 2.66. The third-order valence-corrected chi connectivity index (χ3v) is 3.78. The van der Waals surface area contributed by atoms with Crippen molar-refractivity contribution in [3.8, 4) is 0 Å². The normalized spacial score (nSPS) is 11.8. The molecule has 68 valence electrons. The van der Waals surface area contributed by atoms with E-state index in [1.807, 2.05) is 6.92 Å². The van der Waals surface area contributed by atoms with E-state index in [9.17, 15) is 12.3 Å². The zero-order valence-corrected chi connectivity index (χ0v) is 8.21. The minimum atomic E-state index is -4.48. The van der Waals surface area contributed by atoms with Gasteiger partial charge in [-0.25, -0.2) is 0 Å². The Morgan fingerprint density at radius 3 is 2.58 bits per heavy atom. The molecule has 0 aliphatic carbocycles. The summed E-state index contributed by atoms with van der Waals surface area (Å²) in [5, 5.41) is 0. The molecule has 0 spiro atoms. The summed E-state index contributed by atoms with van der Waals surface area (Å²) in [5.74, 6) is 0. The molecule has 0 aliphatic heterocycles. The van der Waals surface area contributed by atoms with Crippen LogP contribution in [0.2, 0.25) is 0 Å². The molecule has 0 bridgehead atoms. The summed E-state index contributed by atoms with van der Waals surface area (Å²) in [6.07, 6.45) is 1.74. The predicted molar refractivity (Wildman–Crippen MR) is 46.6 cm³/mol. The van der Waals surface area contributed by atoms with Gasteiger partial charge in [-0.2, -0.15) is 8.42 Å². The van der Waals surface area contributed by atoms with Gasteiger partial charge in [0.05, 0.1) is 0 Å². The summed E-state index contributed by atoms with van der Waals surface area (Å²) in [7, 11) is -4.48. The van der Waals surface area contributed by atoms with Crippen molar-refractivity contribution in [1.29, 1.82) is 0 Å². The smallest absolute Gasteiger partial charge is 0.188 e. The van der Waals surface area contributed by atoms with E-state index in [2.05, 4.69) is 0 Å². The van der Waals surface area contributed by atoms with Gasteiger partial charge in [-0.15, -0.1) is 11.3 Å². The zero-order chi connectivity index (χ0) is 9.19. The van der Waals surface area contributed by atoms with Crippen molar-refractivity contribution < 1.29 is 12.3 Å². The molecule has 5 heteroatoms. The van der Waals surface area contributed by atoms with E-state index in [-0.39, 0.29) is 4.21 Å². The monoisotopic (exact) mass is 208 g/mol. The van der Waals surface area contributed by atoms with Crippen LogP contribution in [0.15, 0.2) is 16.3 Å². The summed E-state index contributed by atoms with van der Waals surface area (Å²) >= 11 is 1.00. The Kier molecular flexibility index (Phi) is 2.85. The van der Waals surface area contributed by atoms with Crippen molar-refractivity contribution in [2.45, 2.75) is 24.0 Å². The summed E-state index contributed by atoms with van der Waals surface area (Å²) in [5.41, 5.74) is 0. The Hall–Kier alpha value is -0.420. The van der Waals surface area contributed by atoms with Crippen LogP contribution in [0.5, 0.6) is 0 Å². The van der Waals surface area contributed by atoms with Crippen molar-refractivity contribution >= 4 is 21.6 Å². The van der Waals surface area contributed by atoms with Gasteiger partial charge in [-0.1, -0.05) is 17.2 Å². The van der Waals surface area contributed by atoms with Gasteiger partial charge < -0.3 is 0 Å². The third kappa shape index (κ3) is 2.28. The highest BCUT2D eigenvalue weighted by atomic mass is 32.3. The Balaban J connectivity index is 2.92. The lowest BCUT2D eigenvalue weighted by Crippen LogP contribution is -1.85. The molecule has 0 fully saturated rings. The predicted octanol–water partition coefficient (Wildman–Crippen LogP) is 2.36. The second-order valence-corrected chi connectivity index (χ2v) is 5.15. The van der Waals surface area contributed by atoms with E-state index in [1.165, 1.54) is 6.07 Å². The minimum absolute atomic E-state index is 0.189. The highest BCUT2D eigenvalue weighted by molar-refractivity contribution is 7.88. The topological polar surface area (TPSA) is 34.1 Å². The van der Waals surface area contributed by atoms with Crippen LogP contribution >= 0.6 is 11.3 Å². The van der Waals surface area contributed by atoms with Crippen LogP contribution in [0.3, 0.4) is 0 Å². The van der Waals surface area contributed by atoms with E-state index in [4.69, 9.17) is 0 Å². The molecular formula is C7H9FO2S2. The van der Waals surface area contributed by atoms with Crippen LogP contribution in [0, 0.1) is 0 Å². The first kappa shape index (κ1) is 9.67. The molecule has 1 aromatic heterocycles. The highest BCUT2D eigenvalue weighted by Gasteiger charge is 2.14. The second-order valence-electron chi connectivity index (χ2n) is 2.41. The molecule has 0 N–H and O–H groups in total. The largest absolute Gasteiger partial charge is 0.341 e. The van der Waals surface area contributed by atoms with E-state index in [0.29, 0.717) is 0 Å². The Morgan fingerprint density at radius 1 is 1.50 bits per heavy atom. The molecule has 0 saturated carbocycles. The van der Waals surface area contributed by atoms with Gasteiger partial charge in [0, 0.05) is 4.88 Å². The summed E-state index contributed by atoms with van der Waals surface area (Å²) in [6, 6.07) is 2.96. The molecule has 0 atom stereocenters. The van der Waals surface area contributed by atoms with Crippen LogP contribution in [-0.2, 0) is 16.6 Å². The van der Waals surface area contributed by atoms with Crippen LogP contribution in [-0.4, -0.2) is 8.42 Å². The van der Waals surface area contributed by atoms with Gasteiger partial charge >= 0.3 is 10.2 Å². The fraction of sp³-hybridized carbons (Fsp3) is 0.429. The number of aryl methyl sites for hydroxylation is 1. The Morgan fingerprint density at radius 2 is 2.17 bits per heavy atom. The SMILES string of the molecule is CCCc1ccc(S(=O)(=O)F)s1. The number of hydrogen-bond acceptors (Lipinski definition) is 3. The lowest BCUT2D eigenvalue weighted by Gasteiger charge is -1.88. The van der Waals surface area contributed by atoms with E-state index in [1.54, 1.807) is 6.07 Å². The van der Waals surface area contributed by atoms with Gasteiger partial charge in [0.15, 0.2) is 4.21 Å². The molecule has 1 aromatic rings. The van der Waals surface area contributed by atoms with Gasteiger partial charge in [-0.3, -0.25) is 0 Å². The molecule has 0 radical (unpaired) electrons. The Labute approximate surface area is 75.3 Å². The number of hydrogen-bond donors (Lipinski definition) is 0. The summed E-state index contributed by atoms with van der Waals surface area (Å²) in [6.45, 7) is 1.99. The standard InChI is InChI=1S/C7H9FO2S2/c1-2-3-6-4-5-7(11-6)12(8,9)10/h4-5H,2-3H2,1H3. The Bertz CT molecular complexity index is 353. The third-order valence-electron chi connectivity index (χ3n) is 1.37. The average Bonchev–Trinajstić information content (AvgIpc) is 2.35. The zero-order valence-electron chi connectivity index (χ0n) is 6.58. The van der Waals surface area contributed by atoms with Crippen molar-refractivity contribution in [1.82, 2.24) is 0 Å². The molecular weight excluding hydrogens is 199 g/mol. The quantitative estimate of drug-likeness (QED) is 0.714. The summed E-state index contributed by atoms with van der Waals surface area (Å²) < 4.78 is 33.0.